The third-order valence-electron chi connectivity index (χ3n) is 4.20. The van der Waals surface area contributed by atoms with E-state index in [0.717, 1.165) is 10.9 Å². The van der Waals surface area contributed by atoms with Crippen molar-refractivity contribution in [2.75, 3.05) is 27.3 Å². The largest absolute Gasteiger partial charge is 0.497 e. The lowest BCUT2D eigenvalue weighted by Gasteiger charge is -2.31. The predicted octanol–water partition coefficient (Wildman–Crippen LogP) is 2.49. The molecular weight excluding hydrogens is 438 g/mol. The third kappa shape index (κ3) is 4.50. The second kappa shape index (κ2) is 8.41. The first-order chi connectivity index (χ1) is 12.9. The zero-order chi connectivity index (χ0) is 19.4. The van der Waals surface area contributed by atoms with Crippen LogP contribution in [0.25, 0.3) is 0 Å². The molecule has 1 atom stereocenters. The van der Waals surface area contributed by atoms with Gasteiger partial charge in [-0.2, -0.15) is 4.31 Å². The summed E-state index contributed by atoms with van der Waals surface area (Å²) in [4.78, 5) is 8.24. The first-order valence-corrected chi connectivity index (χ1v) is 10.5. The van der Waals surface area contributed by atoms with E-state index in [2.05, 4.69) is 25.9 Å². The fraction of sp³-hybridized carbons (Fsp3) is 0.412. The molecule has 3 rings (SSSR count). The summed E-state index contributed by atoms with van der Waals surface area (Å²) in [5.41, 5.74) is 0. The van der Waals surface area contributed by atoms with Gasteiger partial charge in [0.15, 0.2) is 0 Å². The first kappa shape index (κ1) is 19.8. The van der Waals surface area contributed by atoms with Crippen molar-refractivity contribution in [1.82, 2.24) is 14.3 Å². The van der Waals surface area contributed by atoms with Gasteiger partial charge in [-0.25, -0.2) is 18.4 Å². The fourth-order valence-electron chi connectivity index (χ4n) is 2.85. The zero-order valence-electron chi connectivity index (χ0n) is 15.0. The van der Waals surface area contributed by atoms with E-state index in [1.807, 2.05) is 0 Å². The summed E-state index contributed by atoms with van der Waals surface area (Å²) >= 11 is 3.27. The maximum absolute atomic E-state index is 13.2. The van der Waals surface area contributed by atoms with Gasteiger partial charge in [0.05, 0.1) is 25.2 Å². The van der Waals surface area contributed by atoms with Gasteiger partial charge in [0.25, 0.3) is 0 Å². The van der Waals surface area contributed by atoms with Gasteiger partial charge in [0.1, 0.15) is 22.5 Å². The normalized spacial score (nSPS) is 18.1. The lowest BCUT2D eigenvalue weighted by Crippen LogP contribution is -2.44. The van der Waals surface area contributed by atoms with E-state index in [4.69, 9.17) is 14.2 Å². The van der Waals surface area contributed by atoms with E-state index >= 15 is 0 Å². The molecule has 0 spiro atoms. The molecule has 8 nitrogen and oxygen atoms in total. The van der Waals surface area contributed by atoms with Crippen molar-refractivity contribution in [3.8, 4) is 17.5 Å². The Balaban J connectivity index is 1.81. The summed E-state index contributed by atoms with van der Waals surface area (Å²) in [5, 5.41) is 0. The molecule has 1 saturated heterocycles. The highest BCUT2D eigenvalue weighted by Gasteiger charge is 2.33. The number of methoxy groups -OCH3 is 2. The van der Waals surface area contributed by atoms with Gasteiger partial charge in [-0.3, -0.25) is 0 Å². The molecule has 1 fully saturated rings. The molecule has 27 heavy (non-hydrogen) atoms. The Bertz CT molecular complexity index is 892. The van der Waals surface area contributed by atoms with Crippen LogP contribution in [0.1, 0.15) is 12.8 Å². The van der Waals surface area contributed by atoms with Crippen molar-refractivity contribution < 1.29 is 22.6 Å². The Morgan fingerprint density at radius 3 is 2.59 bits per heavy atom. The number of hydrogen-bond donors (Lipinski definition) is 0. The summed E-state index contributed by atoms with van der Waals surface area (Å²) in [6.07, 6.45) is 4.24. The van der Waals surface area contributed by atoms with Crippen LogP contribution in [0.4, 0.5) is 0 Å². The third-order valence-corrected chi connectivity index (χ3v) is 6.49. The van der Waals surface area contributed by atoms with Gasteiger partial charge < -0.3 is 14.2 Å². The molecule has 2 aromatic rings. The maximum Gasteiger partial charge on any atom is 0.316 e. The lowest BCUT2D eigenvalue weighted by molar-refractivity contribution is 0.119. The average molecular weight is 458 g/mol. The van der Waals surface area contributed by atoms with E-state index < -0.39 is 10.0 Å². The van der Waals surface area contributed by atoms with Crippen molar-refractivity contribution in [2.24, 2.45) is 0 Å². The number of sulfonamides is 1. The topological polar surface area (TPSA) is 90.9 Å². The van der Waals surface area contributed by atoms with Crippen LogP contribution in [0, 0.1) is 0 Å². The number of ether oxygens (including phenoxy) is 3. The van der Waals surface area contributed by atoms with Crippen LogP contribution in [0.15, 0.2) is 40.0 Å². The summed E-state index contributed by atoms with van der Waals surface area (Å²) in [6, 6.07) is 4.93. The van der Waals surface area contributed by atoms with Gasteiger partial charge >= 0.3 is 6.01 Å². The van der Waals surface area contributed by atoms with Crippen LogP contribution in [-0.4, -0.2) is 56.1 Å². The molecule has 0 saturated carbocycles. The van der Waals surface area contributed by atoms with Gasteiger partial charge in [-0.05, 0) is 40.9 Å². The molecule has 0 bridgehead atoms. The molecule has 0 aliphatic carbocycles. The minimum absolute atomic E-state index is 0.0740. The molecule has 0 N–H and O–H groups in total. The quantitative estimate of drug-likeness (QED) is 0.657. The number of piperidine rings is 1. The Morgan fingerprint density at radius 1 is 1.19 bits per heavy atom. The van der Waals surface area contributed by atoms with Crippen LogP contribution in [0.2, 0.25) is 0 Å². The van der Waals surface area contributed by atoms with Crippen LogP contribution in [-0.2, 0) is 10.0 Å². The Morgan fingerprint density at radius 2 is 1.93 bits per heavy atom. The van der Waals surface area contributed by atoms with Crippen molar-refractivity contribution in [3.05, 3.63) is 35.1 Å². The summed E-state index contributed by atoms with van der Waals surface area (Å²) in [6.45, 7) is 0.617. The molecule has 2 heterocycles. The zero-order valence-corrected chi connectivity index (χ0v) is 17.4. The molecule has 1 unspecified atom stereocenters. The fourth-order valence-corrected chi connectivity index (χ4v) is 4.74. The highest BCUT2D eigenvalue weighted by molar-refractivity contribution is 9.10. The summed E-state index contributed by atoms with van der Waals surface area (Å²) in [7, 11) is -0.844. The van der Waals surface area contributed by atoms with E-state index in [-0.39, 0.29) is 29.3 Å². The van der Waals surface area contributed by atoms with E-state index in [1.54, 1.807) is 24.5 Å². The second-order valence-electron chi connectivity index (χ2n) is 5.95. The van der Waals surface area contributed by atoms with Crippen LogP contribution >= 0.6 is 15.9 Å². The van der Waals surface area contributed by atoms with Crippen molar-refractivity contribution in [3.63, 3.8) is 0 Å². The van der Waals surface area contributed by atoms with Crippen molar-refractivity contribution in [1.29, 1.82) is 0 Å². The Kier molecular flexibility index (Phi) is 6.18. The Labute approximate surface area is 166 Å². The summed E-state index contributed by atoms with van der Waals surface area (Å²) in [5.74, 6) is 0.720. The molecule has 1 aromatic carbocycles. The molecule has 0 radical (unpaired) electrons. The summed E-state index contributed by atoms with van der Waals surface area (Å²) < 4.78 is 44.7. The van der Waals surface area contributed by atoms with Gasteiger partial charge in [-0.1, -0.05) is 0 Å². The monoisotopic (exact) mass is 457 g/mol. The number of nitrogens with zero attached hydrogens (tertiary/aromatic N) is 3. The van der Waals surface area contributed by atoms with E-state index in [0.29, 0.717) is 18.7 Å². The second-order valence-corrected chi connectivity index (χ2v) is 8.77. The van der Waals surface area contributed by atoms with Crippen molar-refractivity contribution in [2.45, 2.75) is 23.8 Å². The molecule has 1 aliphatic heterocycles. The average Bonchev–Trinajstić information content (AvgIpc) is 2.69. The van der Waals surface area contributed by atoms with Gasteiger partial charge in [-0.15, -0.1) is 0 Å². The van der Waals surface area contributed by atoms with Crippen molar-refractivity contribution >= 4 is 26.0 Å². The number of benzene rings is 1. The Hall–Kier alpha value is -1.91. The number of halogens is 1. The van der Waals surface area contributed by atoms with Crippen LogP contribution in [0.5, 0.6) is 17.5 Å². The SMILES string of the molecule is COc1ccc(OC)c(S(=O)(=O)N2CCCC(Oc3ncc(Br)cn3)C2)c1. The van der Waals surface area contributed by atoms with E-state index in [1.165, 1.54) is 24.6 Å². The van der Waals surface area contributed by atoms with Gasteiger partial charge in [0, 0.05) is 25.0 Å². The highest BCUT2D eigenvalue weighted by atomic mass is 79.9. The van der Waals surface area contributed by atoms with Gasteiger partial charge in [0.2, 0.25) is 10.0 Å². The maximum atomic E-state index is 13.2. The molecule has 1 aliphatic rings. The van der Waals surface area contributed by atoms with Crippen LogP contribution < -0.4 is 14.2 Å². The molecule has 0 amide bonds. The standard InChI is InChI=1S/C17H20BrN3O5S/c1-24-13-5-6-15(25-2)16(8-13)27(22,23)21-7-3-4-14(11-21)26-17-19-9-12(18)10-20-17/h5-6,8-10,14H,3-4,7,11H2,1-2H3. The highest BCUT2D eigenvalue weighted by Crippen LogP contribution is 2.32. The molecule has 10 heteroatoms. The number of rotatable bonds is 6. The lowest BCUT2D eigenvalue weighted by atomic mass is 10.1. The molecule has 1 aromatic heterocycles. The minimum atomic E-state index is -3.77. The first-order valence-electron chi connectivity index (χ1n) is 8.30. The number of aromatic nitrogens is 2. The molecule has 146 valence electrons. The predicted molar refractivity (Wildman–Crippen MR) is 102 cm³/mol. The minimum Gasteiger partial charge on any atom is -0.497 e. The van der Waals surface area contributed by atoms with Crippen LogP contribution in [0.3, 0.4) is 0 Å². The number of hydrogen-bond acceptors (Lipinski definition) is 7. The smallest absolute Gasteiger partial charge is 0.316 e. The molecular formula is C17H20BrN3O5S. The van der Waals surface area contributed by atoms with E-state index in [9.17, 15) is 8.42 Å².